The molecule has 8 nitrogen and oxygen atoms in total. The van der Waals surface area contributed by atoms with Crippen molar-refractivity contribution in [2.75, 3.05) is 19.0 Å². The van der Waals surface area contributed by atoms with E-state index in [0.29, 0.717) is 22.1 Å². The van der Waals surface area contributed by atoms with Crippen molar-refractivity contribution >= 4 is 34.2 Å². The van der Waals surface area contributed by atoms with Crippen LogP contribution in [-0.2, 0) is 33.7 Å². The standard InChI is InChI=1S/C23H21NO7S/c1-28-23(27)20-16-8-5-9-18(16)32-21(20)24-19(25)13-30-22(26)17-11-10-15(31-17)12-29-14-6-3-2-4-7-14/h2-4,6-7,10-11H,5,8-9,12-13H2,1H3,(H,24,25). The number of nitrogens with one attached hydrogen (secondary N) is 1. The van der Waals surface area contributed by atoms with Crippen molar-refractivity contribution in [1.82, 2.24) is 0 Å². The number of amides is 1. The average molecular weight is 455 g/mol. The molecular formula is C23H21NO7S. The van der Waals surface area contributed by atoms with Crippen LogP contribution in [0.15, 0.2) is 46.9 Å². The molecule has 166 valence electrons. The number of ether oxygens (including phenoxy) is 3. The van der Waals surface area contributed by atoms with Crippen molar-refractivity contribution in [3.63, 3.8) is 0 Å². The van der Waals surface area contributed by atoms with Crippen LogP contribution in [0.25, 0.3) is 0 Å². The first-order chi connectivity index (χ1) is 15.5. The number of hydrogen-bond donors (Lipinski definition) is 1. The number of esters is 2. The highest BCUT2D eigenvalue weighted by Crippen LogP contribution is 2.39. The number of furan rings is 1. The van der Waals surface area contributed by atoms with E-state index in [-0.39, 0.29) is 12.4 Å². The van der Waals surface area contributed by atoms with Gasteiger partial charge in [-0.05, 0) is 49.1 Å². The summed E-state index contributed by atoms with van der Waals surface area (Å²) in [4.78, 5) is 37.8. The molecule has 0 aliphatic heterocycles. The van der Waals surface area contributed by atoms with Gasteiger partial charge in [0.15, 0.2) is 6.61 Å². The first kappa shape index (κ1) is 21.6. The van der Waals surface area contributed by atoms with Gasteiger partial charge in [-0.3, -0.25) is 4.79 Å². The van der Waals surface area contributed by atoms with Gasteiger partial charge in [0, 0.05) is 4.88 Å². The van der Waals surface area contributed by atoms with Gasteiger partial charge in [0.25, 0.3) is 5.91 Å². The summed E-state index contributed by atoms with van der Waals surface area (Å²) >= 11 is 1.35. The Balaban J connectivity index is 1.31. The van der Waals surface area contributed by atoms with E-state index in [2.05, 4.69) is 5.32 Å². The van der Waals surface area contributed by atoms with E-state index in [0.717, 1.165) is 29.7 Å². The molecule has 1 aromatic carbocycles. The molecule has 0 bridgehead atoms. The summed E-state index contributed by atoms with van der Waals surface area (Å²) in [6.07, 6.45) is 2.61. The Labute approximate surface area is 188 Å². The number of aryl methyl sites for hydroxylation is 1. The number of carbonyl (C=O) groups is 3. The second-order valence-corrected chi connectivity index (χ2v) is 8.15. The predicted octanol–water partition coefficient (Wildman–Crippen LogP) is 3.99. The van der Waals surface area contributed by atoms with Crippen LogP contribution in [0.3, 0.4) is 0 Å². The highest BCUT2D eigenvalue weighted by atomic mass is 32.1. The van der Waals surface area contributed by atoms with Gasteiger partial charge in [0.2, 0.25) is 5.76 Å². The van der Waals surface area contributed by atoms with Gasteiger partial charge in [-0.25, -0.2) is 9.59 Å². The molecule has 1 aliphatic rings. The van der Waals surface area contributed by atoms with Gasteiger partial charge in [0.1, 0.15) is 23.1 Å². The number of thiophene rings is 1. The Kier molecular flexibility index (Phi) is 6.55. The summed E-state index contributed by atoms with van der Waals surface area (Å²) < 4.78 is 20.9. The van der Waals surface area contributed by atoms with Gasteiger partial charge < -0.3 is 23.9 Å². The summed E-state index contributed by atoms with van der Waals surface area (Å²) in [5, 5.41) is 3.07. The van der Waals surface area contributed by atoms with Crippen molar-refractivity contribution in [1.29, 1.82) is 0 Å². The molecule has 0 atom stereocenters. The van der Waals surface area contributed by atoms with Crippen LogP contribution >= 0.6 is 11.3 Å². The second-order valence-electron chi connectivity index (χ2n) is 7.05. The normalized spacial score (nSPS) is 12.2. The van der Waals surface area contributed by atoms with Crippen LogP contribution in [0, 0.1) is 0 Å². The minimum Gasteiger partial charge on any atom is -0.486 e. The fraction of sp³-hybridized carbons (Fsp3) is 0.261. The third-order valence-electron chi connectivity index (χ3n) is 4.89. The quantitative estimate of drug-likeness (QED) is 0.512. The van der Waals surface area contributed by atoms with Gasteiger partial charge in [0.05, 0.1) is 12.7 Å². The smallest absolute Gasteiger partial charge is 0.374 e. The summed E-state index contributed by atoms with van der Waals surface area (Å²) in [5.41, 5.74) is 1.31. The maximum atomic E-state index is 12.3. The average Bonchev–Trinajstić information content (AvgIpc) is 3.52. The van der Waals surface area contributed by atoms with Gasteiger partial charge in [-0.15, -0.1) is 11.3 Å². The predicted molar refractivity (Wildman–Crippen MR) is 116 cm³/mol. The molecule has 0 fully saturated rings. The highest BCUT2D eigenvalue weighted by Gasteiger charge is 2.28. The molecule has 4 rings (SSSR count). The second kappa shape index (κ2) is 9.69. The van der Waals surface area contributed by atoms with E-state index in [4.69, 9.17) is 18.6 Å². The molecule has 32 heavy (non-hydrogen) atoms. The lowest BCUT2D eigenvalue weighted by Gasteiger charge is -2.07. The number of hydrogen-bond acceptors (Lipinski definition) is 8. The number of rotatable bonds is 8. The van der Waals surface area contributed by atoms with Crippen LogP contribution in [0.2, 0.25) is 0 Å². The summed E-state index contributed by atoms with van der Waals surface area (Å²) in [6, 6.07) is 12.3. The van der Waals surface area contributed by atoms with E-state index < -0.39 is 24.5 Å². The van der Waals surface area contributed by atoms with Gasteiger partial charge in [-0.2, -0.15) is 0 Å². The molecule has 1 amide bonds. The minimum absolute atomic E-state index is 0.0326. The minimum atomic E-state index is -0.770. The number of fused-ring (bicyclic) bond motifs is 1. The van der Waals surface area contributed by atoms with Crippen LogP contribution in [-0.4, -0.2) is 31.6 Å². The molecule has 0 spiro atoms. The molecule has 1 aliphatic carbocycles. The van der Waals surface area contributed by atoms with E-state index in [1.165, 1.54) is 24.5 Å². The van der Waals surface area contributed by atoms with E-state index >= 15 is 0 Å². The maximum Gasteiger partial charge on any atom is 0.374 e. The van der Waals surface area contributed by atoms with Crippen LogP contribution in [0.1, 0.15) is 43.5 Å². The lowest BCUT2D eigenvalue weighted by Crippen LogP contribution is -2.21. The van der Waals surface area contributed by atoms with Crippen molar-refractivity contribution in [2.24, 2.45) is 0 Å². The van der Waals surface area contributed by atoms with E-state index in [9.17, 15) is 14.4 Å². The Morgan fingerprint density at radius 2 is 1.88 bits per heavy atom. The first-order valence-corrected chi connectivity index (χ1v) is 10.8. The van der Waals surface area contributed by atoms with E-state index in [1.54, 1.807) is 6.07 Å². The van der Waals surface area contributed by atoms with Crippen LogP contribution < -0.4 is 10.1 Å². The molecule has 9 heteroatoms. The number of benzene rings is 1. The largest absolute Gasteiger partial charge is 0.486 e. The van der Waals surface area contributed by atoms with Crippen molar-refractivity contribution in [3.05, 3.63) is 70.0 Å². The molecule has 3 aromatic rings. The monoisotopic (exact) mass is 455 g/mol. The third-order valence-corrected chi connectivity index (χ3v) is 6.09. The maximum absolute atomic E-state index is 12.3. The van der Waals surface area contributed by atoms with Crippen molar-refractivity contribution < 1.29 is 33.0 Å². The SMILES string of the molecule is COC(=O)c1c(NC(=O)COC(=O)c2ccc(COc3ccccc3)o2)sc2c1CCC2. The number of para-hydroxylation sites is 1. The van der Waals surface area contributed by atoms with Gasteiger partial charge >= 0.3 is 11.9 Å². The molecular weight excluding hydrogens is 434 g/mol. The molecule has 0 radical (unpaired) electrons. The van der Waals surface area contributed by atoms with Crippen molar-refractivity contribution in [3.8, 4) is 5.75 Å². The zero-order valence-electron chi connectivity index (χ0n) is 17.3. The van der Waals surface area contributed by atoms with Crippen LogP contribution in [0.4, 0.5) is 5.00 Å². The zero-order valence-corrected chi connectivity index (χ0v) is 18.2. The Morgan fingerprint density at radius 1 is 1.06 bits per heavy atom. The lowest BCUT2D eigenvalue weighted by atomic mass is 10.1. The fourth-order valence-corrected chi connectivity index (χ4v) is 4.71. The Hall–Kier alpha value is -3.59. The highest BCUT2D eigenvalue weighted by molar-refractivity contribution is 7.17. The summed E-state index contributed by atoms with van der Waals surface area (Å²) in [7, 11) is 1.30. The molecule has 2 heterocycles. The first-order valence-electron chi connectivity index (χ1n) is 10.0. The topological polar surface area (TPSA) is 104 Å². The summed E-state index contributed by atoms with van der Waals surface area (Å²) in [5.74, 6) is -0.723. The number of carbonyl (C=O) groups excluding carboxylic acids is 3. The lowest BCUT2D eigenvalue weighted by molar-refractivity contribution is -0.119. The molecule has 2 aromatic heterocycles. The van der Waals surface area contributed by atoms with Crippen LogP contribution in [0.5, 0.6) is 5.75 Å². The molecule has 0 saturated heterocycles. The zero-order chi connectivity index (χ0) is 22.5. The fourth-order valence-electron chi connectivity index (χ4n) is 3.41. The molecule has 0 unspecified atom stereocenters. The Morgan fingerprint density at radius 3 is 2.66 bits per heavy atom. The molecule has 1 N–H and O–H groups in total. The Bertz CT molecular complexity index is 1130. The van der Waals surface area contributed by atoms with Gasteiger partial charge in [-0.1, -0.05) is 18.2 Å². The van der Waals surface area contributed by atoms with E-state index in [1.807, 2.05) is 30.3 Å². The van der Waals surface area contributed by atoms with Crippen molar-refractivity contribution in [2.45, 2.75) is 25.9 Å². The third kappa shape index (κ3) is 4.83. The number of anilines is 1. The molecule has 0 saturated carbocycles. The number of methoxy groups -OCH3 is 1. The summed E-state index contributed by atoms with van der Waals surface area (Å²) in [6.45, 7) is -0.365.